The van der Waals surface area contributed by atoms with Crippen LogP contribution in [0.4, 0.5) is 5.69 Å². The maximum absolute atomic E-state index is 11.6. The smallest absolute Gasteiger partial charge is 0.282 e. The molecule has 18 heavy (non-hydrogen) atoms. The van der Waals surface area contributed by atoms with E-state index in [0.29, 0.717) is 4.47 Å². The lowest BCUT2D eigenvalue weighted by molar-refractivity contribution is 0.591. The third-order valence-electron chi connectivity index (χ3n) is 2.52. The molecule has 0 spiro atoms. The van der Waals surface area contributed by atoms with Crippen LogP contribution in [-0.2, 0) is 13.6 Å². The summed E-state index contributed by atoms with van der Waals surface area (Å²) in [5, 5.41) is 11.3. The number of halogens is 1. The molecule has 0 atom stereocenters. The van der Waals surface area contributed by atoms with E-state index in [9.17, 15) is 4.79 Å². The number of rotatable bonds is 5. The van der Waals surface area contributed by atoms with Crippen LogP contribution in [0.2, 0.25) is 0 Å². The minimum atomic E-state index is -0.146. The number of hydrogen-bond donors (Lipinski definition) is 1. The predicted molar refractivity (Wildman–Crippen MR) is 72.5 cm³/mol. The van der Waals surface area contributed by atoms with Gasteiger partial charge in [0.05, 0.1) is 11.9 Å². The molecule has 0 fully saturated rings. The molecule has 2 aromatic rings. The standard InChI is InChI=1S/C11H14BrN5O/c1-16-11(18)10(12)9(8-15-16)13-4-2-6-17-7-3-5-14-17/h3,5,7-8,13H,2,4,6H2,1H3. The lowest BCUT2D eigenvalue weighted by atomic mass is 10.4. The van der Waals surface area contributed by atoms with Gasteiger partial charge >= 0.3 is 0 Å². The lowest BCUT2D eigenvalue weighted by Gasteiger charge is -2.08. The Morgan fingerprint density at radius 2 is 2.28 bits per heavy atom. The monoisotopic (exact) mass is 311 g/mol. The summed E-state index contributed by atoms with van der Waals surface area (Å²) in [4.78, 5) is 11.6. The summed E-state index contributed by atoms with van der Waals surface area (Å²) in [6, 6.07) is 1.90. The molecule has 0 bridgehead atoms. The number of anilines is 1. The van der Waals surface area contributed by atoms with Gasteiger partial charge in [-0.05, 0) is 28.4 Å². The first-order valence-electron chi connectivity index (χ1n) is 5.61. The number of nitrogens with zero attached hydrogens (tertiary/aromatic N) is 4. The highest BCUT2D eigenvalue weighted by molar-refractivity contribution is 9.10. The second-order valence-electron chi connectivity index (χ2n) is 3.85. The minimum Gasteiger partial charge on any atom is -0.383 e. The van der Waals surface area contributed by atoms with Gasteiger partial charge < -0.3 is 5.32 Å². The van der Waals surface area contributed by atoms with E-state index in [0.717, 1.165) is 25.2 Å². The largest absolute Gasteiger partial charge is 0.383 e. The zero-order valence-corrected chi connectivity index (χ0v) is 11.6. The molecule has 0 radical (unpaired) electrons. The van der Waals surface area contributed by atoms with Crippen LogP contribution in [0.3, 0.4) is 0 Å². The van der Waals surface area contributed by atoms with Crippen LogP contribution in [0.15, 0.2) is 33.9 Å². The van der Waals surface area contributed by atoms with E-state index >= 15 is 0 Å². The van der Waals surface area contributed by atoms with Gasteiger partial charge in [-0.25, -0.2) is 4.68 Å². The molecule has 0 aliphatic carbocycles. The minimum absolute atomic E-state index is 0.146. The van der Waals surface area contributed by atoms with E-state index in [1.807, 2.05) is 16.9 Å². The molecular formula is C11H14BrN5O. The highest BCUT2D eigenvalue weighted by Gasteiger charge is 2.05. The van der Waals surface area contributed by atoms with Gasteiger partial charge in [0.25, 0.3) is 5.56 Å². The van der Waals surface area contributed by atoms with Crippen molar-refractivity contribution in [1.29, 1.82) is 0 Å². The number of nitrogens with one attached hydrogen (secondary N) is 1. The van der Waals surface area contributed by atoms with Crippen LogP contribution < -0.4 is 10.9 Å². The second kappa shape index (κ2) is 5.81. The first-order chi connectivity index (χ1) is 8.68. The van der Waals surface area contributed by atoms with Crippen LogP contribution in [0.25, 0.3) is 0 Å². The Kier molecular flexibility index (Phi) is 4.14. The molecule has 0 aliphatic heterocycles. The molecule has 0 amide bonds. The van der Waals surface area contributed by atoms with Gasteiger partial charge in [0.2, 0.25) is 0 Å². The van der Waals surface area contributed by atoms with Crippen molar-refractivity contribution in [3.63, 3.8) is 0 Å². The predicted octanol–water partition coefficient (Wildman–Crippen LogP) is 1.24. The fourth-order valence-corrected chi connectivity index (χ4v) is 2.03. The molecule has 0 aliphatic rings. The highest BCUT2D eigenvalue weighted by Crippen LogP contribution is 2.15. The molecule has 0 saturated carbocycles. The van der Waals surface area contributed by atoms with Gasteiger partial charge in [-0.3, -0.25) is 9.48 Å². The average Bonchev–Trinajstić information content (AvgIpc) is 2.87. The van der Waals surface area contributed by atoms with Gasteiger partial charge in [-0.2, -0.15) is 10.2 Å². The molecule has 2 heterocycles. The molecule has 2 rings (SSSR count). The van der Waals surface area contributed by atoms with E-state index in [1.165, 1.54) is 4.68 Å². The van der Waals surface area contributed by atoms with Gasteiger partial charge in [0, 0.05) is 32.5 Å². The van der Waals surface area contributed by atoms with E-state index in [2.05, 4.69) is 31.4 Å². The highest BCUT2D eigenvalue weighted by atomic mass is 79.9. The van der Waals surface area contributed by atoms with Crippen LogP contribution in [-0.4, -0.2) is 26.1 Å². The topological polar surface area (TPSA) is 64.7 Å². The van der Waals surface area contributed by atoms with Gasteiger partial charge in [0.1, 0.15) is 4.47 Å². The average molecular weight is 312 g/mol. The van der Waals surface area contributed by atoms with Crippen molar-refractivity contribution in [1.82, 2.24) is 19.6 Å². The summed E-state index contributed by atoms with van der Waals surface area (Å²) in [5.74, 6) is 0. The van der Waals surface area contributed by atoms with E-state index in [1.54, 1.807) is 19.4 Å². The first-order valence-corrected chi connectivity index (χ1v) is 6.41. The van der Waals surface area contributed by atoms with Crippen molar-refractivity contribution in [2.45, 2.75) is 13.0 Å². The fraction of sp³-hybridized carbons (Fsp3) is 0.364. The van der Waals surface area contributed by atoms with Crippen LogP contribution in [0.1, 0.15) is 6.42 Å². The third-order valence-corrected chi connectivity index (χ3v) is 3.28. The SMILES string of the molecule is Cn1ncc(NCCCn2cccn2)c(Br)c1=O. The maximum Gasteiger partial charge on any atom is 0.282 e. The molecule has 1 N–H and O–H groups in total. The van der Waals surface area contributed by atoms with Gasteiger partial charge in [0.15, 0.2) is 0 Å². The van der Waals surface area contributed by atoms with Crippen LogP contribution in [0.5, 0.6) is 0 Å². The van der Waals surface area contributed by atoms with Crippen molar-refractivity contribution in [3.05, 3.63) is 39.5 Å². The summed E-state index contributed by atoms with van der Waals surface area (Å²) in [6.45, 7) is 1.60. The van der Waals surface area contributed by atoms with Crippen LogP contribution >= 0.6 is 15.9 Å². The molecule has 7 heteroatoms. The molecule has 0 aromatic carbocycles. The lowest BCUT2D eigenvalue weighted by Crippen LogP contribution is -2.21. The Morgan fingerprint density at radius 3 is 3.00 bits per heavy atom. The Hall–Kier alpha value is -1.63. The first kappa shape index (κ1) is 12.8. The van der Waals surface area contributed by atoms with Gasteiger partial charge in [-0.1, -0.05) is 0 Å². The maximum atomic E-state index is 11.6. The Morgan fingerprint density at radius 1 is 1.44 bits per heavy atom. The molecular weight excluding hydrogens is 298 g/mol. The van der Waals surface area contributed by atoms with Crippen molar-refractivity contribution in [2.75, 3.05) is 11.9 Å². The summed E-state index contributed by atoms with van der Waals surface area (Å²) >= 11 is 3.27. The van der Waals surface area contributed by atoms with E-state index in [-0.39, 0.29) is 5.56 Å². The Bertz CT molecular complexity index is 563. The second-order valence-corrected chi connectivity index (χ2v) is 4.64. The quantitative estimate of drug-likeness (QED) is 0.844. The zero-order chi connectivity index (χ0) is 13.0. The van der Waals surface area contributed by atoms with E-state index < -0.39 is 0 Å². The molecule has 2 aromatic heterocycles. The molecule has 96 valence electrons. The summed E-state index contributed by atoms with van der Waals surface area (Å²) in [6.07, 6.45) is 6.24. The zero-order valence-electron chi connectivity index (χ0n) is 10.0. The van der Waals surface area contributed by atoms with Crippen molar-refractivity contribution >= 4 is 21.6 Å². The summed E-state index contributed by atoms with van der Waals surface area (Å²) in [7, 11) is 1.62. The number of hydrogen-bond acceptors (Lipinski definition) is 4. The molecule has 6 nitrogen and oxygen atoms in total. The van der Waals surface area contributed by atoms with Crippen LogP contribution in [0, 0.1) is 0 Å². The number of aromatic nitrogens is 4. The molecule has 0 unspecified atom stereocenters. The third kappa shape index (κ3) is 2.98. The Labute approximate surface area is 113 Å². The number of aryl methyl sites for hydroxylation is 2. The Balaban J connectivity index is 1.87. The summed E-state index contributed by atoms with van der Waals surface area (Å²) in [5.41, 5.74) is 0.575. The van der Waals surface area contributed by atoms with Crippen molar-refractivity contribution < 1.29 is 0 Å². The fourth-order valence-electron chi connectivity index (χ4n) is 1.53. The van der Waals surface area contributed by atoms with Gasteiger partial charge in [-0.15, -0.1) is 0 Å². The van der Waals surface area contributed by atoms with Crippen molar-refractivity contribution in [2.24, 2.45) is 7.05 Å². The molecule has 0 saturated heterocycles. The van der Waals surface area contributed by atoms with E-state index in [4.69, 9.17) is 0 Å². The van der Waals surface area contributed by atoms with Crippen molar-refractivity contribution in [3.8, 4) is 0 Å². The normalized spacial score (nSPS) is 10.6. The summed E-state index contributed by atoms with van der Waals surface area (Å²) < 4.78 is 3.68.